The van der Waals surface area contributed by atoms with Gasteiger partial charge in [-0.2, -0.15) is 0 Å². The highest BCUT2D eigenvalue weighted by Gasteiger charge is 2.57. The number of aliphatic carboxylic acids is 1. The summed E-state index contributed by atoms with van der Waals surface area (Å²) in [5.74, 6) is -2.57. The highest BCUT2D eigenvalue weighted by Crippen LogP contribution is 2.36. The Kier molecular flexibility index (Phi) is 17.0. The van der Waals surface area contributed by atoms with Gasteiger partial charge in [-0.05, 0) is 27.2 Å². The predicted molar refractivity (Wildman–Crippen MR) is 188 cm³/mol. The average Bonchev–Trinajstić information content (AvgIpc) is 3.20. The van der Waals surface area contributed by atoms with Gasteiger partial charge in [-0.1, -0.05) is 6.92 Å². The largest absolute Gasteiger partial charge is 0.479 e. The zero-order chi connectivity index (χ0) is 44.5. The Labute approximate surface area is 343 Å². The van der Waals surface area contributed by atoms with Crippen molar-refractivity contribution >= 4 is 11.9 Å². The second-order valence-corrected chi connectivity index (χ2v) is 15.5. The minimum Gasteiger partial charge on any atom is -0.479 e. The van der Waals surface area contributed by atoms with Gasteiger partial charge in [0.05, 0.1) is 24.9 Å². The number of aliphatic hydroxyl groups excluding tert-OH is 11. The van der Waals surface area contributed by atoms with Crippen LogP contribution in [0.25, 0.3) is 0 Å². The number of nitrogens with one attached hydrogen (secondary N) is 1. The summed E-state index contributed by atoms with van der Waals surface area (Å²) in [7, 11) is 0. The van der Waals surface area contributed by atoms with Gasteiger partial charge in [-0.25, -0.2) is 4.79 Å². The minimum absolute atomic E-state index is 0.133. The summed E-state index contributed by atoms with van der Waals surface area (Å²) in [6.45, 7) is 6.23. The lowest BCUT2D eigenvalue weighted by atomic mass is 9.94. The smallest absolute Gasteiger partial charge is 0.335 e. The molecular formula is C35H59NO24. The van der Waals surface area contributed by atoms with Crippen LogP contribution in [0.5, 0.6) is 0 Å². The van der Waals surface area contributed by atoms with Crippen molar-refractivity contribution in [3.05, 3.63) is 0 Å². The molecule has 25 nitrogen and oxygen atoms in total. The van der Waals surface area contributed by atoms with E-state index >= 15 is 0 Å². The van der Waals surface area contributed by atoms with Crippen LogP contribution in [-0.2, 0) is 57.0 Å². The maximum Gasteiger partial charge on any atom is 0.335 e. The number of amides is 1. The molecule has 25 heteroatoms. The fraction of sp³-hybridized carbons (Fsp3) is 0.943. The minimum atomic E-state index is -2.26. The standard InChI is InChI=1S/C35H59NO24/c1-6-7-51-34-27(20(44)16(40)10(3)53-34)58-31-14(36-12(5)38)25(18(42)13(8-37)55-31)56-33-24(48)22(46)26(29(60-33)30(49)50)57-35-28(21(45)17(41)11(4)54-35)59-32-23(47)19(43)15(39)9(2)52-32/h9-11,13-29,31-35,37,39-48H,6-8H2,1-5H3,(H,36,38)(H,49,50)/t9-,10?,11-,13?,14-,15-,16-,17-,18-,19?,20?,21?,22?,23?,24-,25?,26+,27-,28?,29?,31-,32-,33+,34+,35-/m0/s1. The third kappa shape index (κ3) is 10.4. The van der Waals surface area contributed by atoms with Gasteiger partial charge in [-0.3, -0.25) is 4.79 Å². The second kappa shape index (κ2) is 20.7. The molecular weight excluding hydrogens is 818 g/mol. The first-order valence-electron chi connectivity index (χ1n) is 19.6. The van der Waals surface area contributed by atoms with Gasteiger partial charge in [-0.15, -0.1) is 0 Å². The fourth-order valence-electron chi connectivity index (χ4n) is 7.55. The molecule has 348 valence electrons. The summed E-state index contributed by atoms with van der Waals surface area (Å²) < 4.78 is 57.2. The molecule has 5 aliphatic heterocycles. The molecule has 0 radical (unpaired) electrons. The Morgan fingerprint density at radius 3 is 1.53 bits per heavy atom. The van der Waals surface area contributed by atoms with E-state index in [0.29, 0.717) is 6.42 Å². The summed E-state index contributed by atoms with van der Waals surface area (Å²) >= 11 is 0. The van der Waals surface area contributed by atoms with Crippen molar-refractivity contribution in [2.75, 3.05) is 13.2 Å². The van der Waals surface area contributed by atoms with Gasteiger partial charge < -0.3 is 114 Å². The Balaban J connectivity index is 1.39. The first-order valence-corrected chi connectivity index (χ1v) is 19.6. The molecule has 13 N–H and O–H groups in total. The van der Waals surface area contributed by atoms with Crippen molar-refractivity contribution in [3.8, 4) is 0 Å². The quantitative estimate of drug-likeness (QED) is 0.0771. The van der Waals surface area contributed by atoms with Crippen molar-refractivity contribution in [1.29, 1.82) is 0 Å². The third-order valence-corrected chi connectivity index (χ3v) is 11.0. The van der Waals surface area contributed by atoms with Crippen LogP contribution in [0, 0.1) is 0 Å². The van der Waals surface area contributed by atoms with Crippen LogP contribution in [0.4, 0.5) is 0 Å². The van der Waals surface area contributed by atoms with E-state index < -0.39 is 172 Å². The SMILES string of the molecule is CCCO[C@@H]1OC(C)[C@H](O)C(O)[C@@H]1O[C@@H]1OC(CO)[C@H](O)C(O[C@@H]2OC(C(=O)O)[C@H](O[C@@H]3O[C@@H](C)[C@H](O)C(O)C3O[C@@H]3O[C@@H](C)[C@H](O)C(O)C3O)C(O)[C@@H]2O)[C@@H]1NC(C)=O. The van der Waals surface area contributed by atoms with Gasteiger partial charge in [0.15, 0.2) is 37.6 Å². The Bertz CT molecular complexity index is 1400. The molecule has 0 spiro atoms. The van der Waals surface area contributed by atoms with Crippen LogP contribution in [0.15, 0.2) is 0 Å². The second-order valence-electron chi connectivity index (χ2n) is 15.5. The van der Waals surface area contributed by atoms with Crippen molar-refractivity contribution in [2.45, 2.75) is 195 Å². The van der Waals surface area contributed by atoms with Crippen molar-refractivity contribution in [3.63, 3.8) is 0 Å². The third-order valence-electron chi connectivity index (χ3n) is 11.0. The summed E-state index contributed by atoms with van der Waals surface area (Å²) in [5.41, 5.74) is 0. The van der Waals surface area contributed by atoms with E-state index in [-0.39, 0.29) is 6.61 Å². The van der Waals surface area contributed by atoms with E-state index in [1.54, 1.807) is 6.92 Å². The molecule has 5 rings (SSSR count). The number of carboxylic acid groups (broad SMARTS) is 1. The highest BCUT2D eigenvalue weighted by atomic mass is 16.8. The van der Waals surface area contributed by atoms with Crippen molar-refractivity contribution in [1.82, 2.24) is 5.32 Å². The van der Waals surface area contributed by atoms with Crippen LogP contribution in [0.3, 0.4) is 0 Å². The molecule has 25 atom stereocenters. The first kappa shape index (κ1) is 49.1. The van der Waals surface area contributed by atoms with Crippen LogP contribution in [-0.4, -0.2) is 240 Å². The average molecular weight is 878 g/mol. The summed E-state index contributed by atoms with van der Waals surface area (Å²) in [6, 6.07) is -1.61. The Hall–Kier alpha value is -1.90. The zero-order valence-electron chi connectivity index (χ0n) is 33.3. The topological polar surface area (TPSA) is 381 Å². The molecule has 0 saturated carbocycles. The number of ether oxygens (including phenoxy) is 10. The van der Waals surface area contributed by atoms with Gasteiger partial charge in [0, 0.05) is 13.5 Å². The highest BCUT2D eigenvalue weighted by molar-refractivity contribution is 5.74. The monoisotopic (exact) mass is 877 g/mol. The molecule has 5 saturated heterocycles. The van der Waals surface area contributed by atoms with Crippen LogP contribution >= 0.6 is 0 Å². The molecule has 0 aliphatic carbocycles. The number of carbonyl (C=O) groups is 2. The number of carbonyl (C=O) groups excluding carboxylic acids is 1. The summed E-state index contributed by atoms with van der Waals surface area (Å²) in [5, 5.41) is 131. The number of rotatable bonds is 14. The van der Waals surface area contributed by atoms with Gasteiger partial charge >= 0.3 is 5.97 Å². The van der Waals surface area contributed by atoms with Crippen LogP contribution in [0.2, 0.25) is 0 Å². The van der Waals surface area contributed by atoms with Crippen LogP contribution in [0.1, 0.15) is 41.0 Å². The van der Waals surface area contributed by atoms with E-state index in [1.807, 2.05) is 0 Å². The molecule has 10 unspecified atom stereocenters. The lowest BCUT2D eigenvalue weighted by molar-refractivity contribution is -0.389. The fourth-order valence-corrected chi connectivity index (χ4v) is 7.55. The van der Waals surface area contributed by atoms with E-state index in [9.17, 15) is 70.9 Å². The van der Waals surface area contributed by atoms with Crippen molar-refractivity contribution < 1.29 is 118 Å². The molecule has 1 amide bonds. The maximum atomic E-state index is 12.7. The van der Waals surface area contributed by atoms with E-state index in [0.717, 1.165) is 6.92 Å². The van der Waals surface area contributed by atoms with Crippen molar-refractivity contribution in [2.24, 2.45) is 0 Å². The molecule has 0 bridgehead atoms. The zero-order valence-corrected chi connectivity index (χ0v) is 33.3. The van der Waals surface area contributed by atoms with Crippen LogP contribution < -0.4 is 5.32 Å². The number of hydrogen-bond acceptors (Lipinski definition) is 23. The predicted octanol–water partition coefficient (Wildman–Crippen LogP) is -7.17. The molecule has 60 heavy (non-hydrogen) atoms. The van der Waals surface area contributed by atoms with Gasteiger partial charge in [0.25, 0.3) is 0 Å². The molecule has 0 aromatic rings. The van der Waals surface area contributed by atoms with E-state index in [1.165, 1.54) is 20.8 Å². The lowest BCUT2D eigenvalue weighted by Gasteiger charge is -2.50. The number of hydrogen-bond donors (Lipinski definition) is 13. The molecule has 5 fully saturated rings. The summed E-state index contributed by atoms with van der Waals surface area (Å²) in [4.78, 5) is 25.2. The normalized spacial score (nSPS) is 50.2. The Morgan fingerprint density at radius 2 is 0.983 bits per heavy atom. The number of carboxylic acids is 1. The summed E-state index contributed by atoms with van der Waals surface area (Å²) in [6.07, 6.45) is -40.9. The maximum absolute atomic E-state index is 12.7. The van der Waals surface area contributed by atoms with Gasteiger partial charge in [0.2, 0.25) is 5.91 Å². The molecule has 5 heterocycles. The Morgan fingerprint density at radius 1 is 0.533 bits per heavy atom. The molecule has 0 aromatic heterocycles. The molecule has 5 aliphatic rings. The number of aliphatic hydroxyl groups is 11. The first-order chi connectivity index (χ1) is 28.2. The van der Waals surface area contributed by atoms with Gasteiger partial charge in [0.1, 0.15) is 97.6 Å². The van der Waals surface area contributed by atoms with E-state index in [2.05, 4.69) is 5.32 Å². The molecule has 0 aromatic carbocycles. The lowest BCUT2D eigenvalue weighted by Crippen LogP contribution is -2.70. The van der Waals surface area contributed by atoms with E-state index in [4.69, 9.17) is 47.4 Å².